The Morgan fingerprint density at radius 3 is 2.24 bits per heavy atom. The second-order valence-electron chi connectivity index (χ2n) is 8.72. The molecule has 3 aromatic heterocycles. The predicted molar refractivity (Wildman–Crippen MR) is 141 cm³/mol. The molecule has 0 unspecified atom stereocenters. The van der Waals surface area contributed by atoms with Gasteiger partial charge in [-0.3, -0.25) is 0 Å². The van der Waals surface area contributed by atoms with Gasteiger partial charge in [-0.25, -0.2) is 19.7 Å². The van der Waals surface area contributed by atoms with Crippen LogP contribution in [0.1, 0.15) is 17.0 Å². The summed E-state index contributed by atoms with van der Waals surface area (Å²) in [5.74, 6) is 1.82. The molecule has 12 heteroatoms. The Balaban J connectivity index is 1.65. The Bertz CT molecular complexity index is 1390. The molecule has 1 atom stereocenters. The third-order valence-corrected chi connectivity index (χ3v) is 5.88. The van der Waals surface area contributed by atoms with Crippen LogP contribution in [0.4, 0.5) is 11.8 Å². The van der Waals surface area contributed by atoms with Gasteiger partial charge in [0.2, 0.25) is 5.95 Å². The molecule has 38 heavy (non-hydrogen) atoms. The number of ether oxygens (including phenoxy) is 2. The van der Waals surface area contributed by atoms with Gasteiger partial charge in [-0.15, -0.1) is 0 Å². The van der Waals surface area contributed by atoms with E-state index >= 15 is 0 Å². The maximum Gasteiger partial charge on any atom is 0.326 e. The fraction of sp³-hybridized carbons (Fsp3) is 0.308. The average molecular weight is 520 g/mol. The van der Waals surface area contributed by atoms with Crippen LogP contribution in [-0.4, -0.2) is 70.5 Å². The summed E-state index contributed by atoms with van der Waals surface area (Å²) in [6.07, 6.45) is 4.91. The van der Waals surface area contributed by atoms with Crippen LogP contribution in [0, 0.1) is 13.8 Å². The largest absolute Gasteiger partial charge is 0.496 e. The van der Waals surface area contributed by atoms with E-state index in [0.29, 0.717) is 62.8 Å². The summed E-state index contributed by atoms with van der Waals surface area (Å²) < 4.78 is 16.2. The minimum Gasteiger partial charge on any atom is -0.496 e. The highest BCUT2D eigenvalue weighted by atomic mass is 16.5. The highest BCUT2D eigenvalue weighted by Gasteiger charge is 2.24. The Morgan fingerprint density at radius 1 is 1.05 bits per heavy atom. The average Bonchev–Trinajstić information content (AvgIpc) is 3.25. The van der Waals surface area contributed by atoms with Gasteiger partial charge in [0.25, 0.3) is 0 Å². The maximum atomic E-state index is 12.3. The summed E-state index contributed by atoms with van der Waals surface area (Å²) in [5, 5.41) is 17.1. The summed E-state index contributed by atoms with van der Waals surface area (Å²) >= 11 is 0. The molecule has 12 nitrogen and oxygen atoms in total. The van der Waals surface area contributed by atoms with E-state index in [0.717, 1.165) is 0 Å². The number of benzene rings is 1. The molecule has 0 aliphatic rings. The lowest BCUT2D eigenvalue weighted by atomic mass is 10.0. The van der Waals surface area contributed by atoms with E-state index in [9.17, 15) is 9.90 Å². The normalized spacial score (nSPS) is 11.6. The number of hydrogen-bond donors (Lipinski definition) is 2. The molecular weight excluding hydrogens is 490 g/mol. The van der Waals surface area contributed by atoms with Crippen LogP contribution in [0.25, 0.3) is 22.5 Å². The Kier molecular flexibility index (Phi) is 7.70. The van der Waals surface area contributed by atoms with E-state index in [1.54, 1.807) is 77.8 Å². The lowest BCUT2D eigenvalue weighted by Gasteiger charge is -2.19. The molecule has 4 aromatic rings. The smallest absolute Gasteiger partial charge is 0.326 e. The van der Waals surface area contributed by atoms with Crippen LogP contribution in [0.3, 0.4) is 0 Å². The summed E-state index contributed by atoms with van der Waals surface area (Å²) in [5.41, 5.74) is 3.17. The van der Waals surface area contributed by atoms with Gasteiger partial charge in [-0.05, 0) is 31.5 Å². The molecule has 4 rings (SSSR count). The highest BCUT2D eigenvalue weighted by Crippen LogP contribution is 2.36. The number of carboxylic acid groups (broad SMARTS) is 1. The van der Waals surface area contributed by atoms with Gasteiger partial charge in [-0.1, -0.05) is 11.2 Å². The van der Waals surface area contributed by atoms with Crippen molar-refractivity contribution in [2.75, 3.05) is 38.5 Å². The minimum atomic E-state index is -1.06. The SMILES string of the molecule is COc1cccc(OC)c1-c1ncc(C[C@H](Nc2nc(N(C)C)ncc2-c2c(C)noc2C)C(=O)O)cn1. The van der Waals surface area contributed by atoms with Crippen LogP contribution in [0.15, 0.2) is 41.3 Å². The first-order valence-electron chi connectivity index (χ1n) is 11.7. The number of aryl methyl sites for hydroxylation is 2. The zero-order chi connectivity index (χ0) is 27.4. The Labute approximate surface area is 219 Å². The number of anilines is 2. The number of rotatable bonds is 10. The minimum absolute atomic E-state index is 0.0982. The van der Waals surface area contributed by atoms with Gasteiger partial charge < -0.3 is 29.3 Å². The van der Waals surface area contributed by atoms with Crippen LogP contribution >= 0.6 is 0 Å². The van der Waals surface area contributed by atoms with Crippen molar-refractivity contribution in [3.8, 4) is 34.0 Å². The molecule has 0 fully saturated rings. The number of nitrogens with zero attached hydrogens (tertiary/aromatic N) is 6. The van der Waals surface area contributed by atoms with Gasteiger partial charge in [0, 0.05) is 44.7 Å². The van der Waals surface area contributed by atoms with E-state index in [1.165, 1.54) is 0 Å². The molecule has 0 aliphatic heterocycles. The van der Waals surface area contributed by atoms with E-state index in [1.807, 2.05) is 6.07 Å². The summed E-state index contributed by atoms with van der Waals surface area (Å²) in [7, 11) is 6.72. The first kappa shape index (κ1) is 26.3. The molecular formula is C26H29N7O5. The lowest BCUT2D eigenvalue weighted by Crippen LogP contribution is -2.32. The number of methoxy groups -OCH3 is 2. The Morgan fingerprint density at radius 2 is 1.71 bits per heavy atom. The molecule has 0 spiro atoms. The quantitative estimate of drug-likeness (QED) is 0.316. The fourth-order valence-corrected chi connectivity index (χ4v) is 4.01. The second-order valence-corrected chi connectivity index (χ2v) is 8.72. The maximum absolute atomic E-state index is 12.3. The number of nitrogens with one attached hydrogen (secondary N) is 1. The number of aromatic nitrogens is 5. The third-order valence-electron chi connectivity index (χ3n) is 5.88. The van der Waals surface area contributed by atoms with Crippen molar-refractivity contribution in [2.24, 2.45) is 0 Å². The molecule has 0 radical (unpaired) electrons. The third kappa shape index (κ3) is 5.33. The number of carboxylic acids is 1. The van der Waals surface area contributed by atoms with Crippen LogP contribution < -0.4 is 19.7 Å². The van der Waals surface area contributed by atoms with Crippen molar-refractivity contribution < 1.29 is 23.9 Å². The van der Waals surface area contributed by atoms with E-state index in [2.05, 4.69) is 30.4 Å². The first-order chi connectivity index (χ1) is 18.2. The van der Waals surface area contributed by atoms with E-state index in [4.69, 9.17) is 14.0 Å². The monoisotopic (exact) mass is 519 g/mol. The first-order valence-corrected chi connectivity index (χ1v) is 11.7. The zero-order valence-electron chi connectivity index (χ0n) is 22.0. The molecule has 0 bridgehead atoms. The van der Waals surface area contributed by atoms with E-state index < -0.39 is 12.0 Å². The predicted octanol–water partition coefficient (Wildman–Crippen LogP) is 3.40. The van der Waals surface area contributed by atoms with Gasteiger partial charge >= 0.3 is 5.97 Å². The fourth-order valence-electron chi connectivity index (χ4n) is 4.01. The molecule has 0 saturated heterocycles. The lowest BCUT2D eigenvalue weighted by molar-refractivity contribution is -0.137. The standard InChI is InChI=1S/C26H29N7O5/c1-14-21(15(2)38-32-14)17-13-29-26(33(3)4)31-23(17)30-18(25(34)35)10-16-11-27-24(28-12-16)22-19(36-5)8-7-9-20(22)37-6/h7-9,11-13,18H,10H2,1-6H3,(H,34,35)(H,29,30,31)/t18-/m0/s1. The summed E-state index contributed by atoms with van der Waals surface area (Å²) in [6.45, 7) is 3.59. The Hall–Kier alpha value is -4.74. The molecule has 0 amide bonds. The zero-order valence-corrected chi connectivity index (χ0v) is 22.0. The van der Waals surface area contributed by atoms with Gasteiger partial charge in [0.05, 0.1) is 25.5 Å². The van der Waals surface area contributed by atoms with E-state index in [-0.39, 0.29) is 6.42 Å². The summed E-state index contributed by atoms with van der Waals surface area (Å²) in [4.78, 5) is 31.9. The second kappa shape index (κ2) is 11.1. The molecule has 0 saturated carbocycles. The molecule has 2 N–H and O–H groups in total. The van der Waals surface area contributed by atoms with Crippen molar-refractivity contribution in [1.29, 1.82) is 0 Å². The molecule has 3 heterocycles. The molecule has 0 aliphatic carbocycles. The number of carbonyl (C=O) groups is 1. The number of aliphatic carboxylic acids is 1. The van der Waals surface area contributed by atoms with Gasteiger partial charge in [0.15, 0.2) is 5.82 Å². The molecule has 198 valence electrons. The van der Waals surface area contributed by atoms with Crippen LogP contribution in [0.5, 0.6) is 11.5 Å². The van der Waals surface area contributed by atoms with Gasteiger partial charge in [0.1, 0.15) is 34.7 Å². The molecule has 1 aromatic carbocycles. The van der Waals surface area contributed by atoms with Crippen molar-refractivity contribution in [1.82, 2.24) is 25.1 Å². The highest BCUT2D eigenvalue weighted by molar-refractivity contribution is 5.83. The van der Waals surface area contributed by atoms with Crippen molar-refractivity contribution in [2.45, 2.75) is 26.3 Å². The van der Waals surface area contributed by atoms with Crippen LogP contribution in [0.2, 0.25) is 0 Å². The number of hydrogen-bond acceptors (Lipinski definition) is 11. The van der Waals surface area contributed by atoms with Gasteiger partial charge in [-0.2, -0.15) is 4.98 Å². The van der Waals surface area contributed by atoms with Crippen molar-refractivity contribution in [3.63, 3.8) is 0 Å². The topological polar surface area (TPSA) is 149 Å². The van der Waals surface area contributed by atoms with Crippen LogP contribution in [-0.2, 0) is 11.2 Å². The van der Waals surface area contributed by atoms with Crippen molar-refractivity contribution >= 4 is 17.7 Å². The van der Waals surface area contributed by atoms with Crippen molar-refractivity contribution in [3.05, 3.63) is 53.8 Å². The summed E-state index contributed by atoms with van der Waals surface area (Å²) in [6, 6.07) is 4.36.